The summed E-state index contributed by atoms with van der Waals surface area (Å²) in [6, 6.07) is 1.54. The fourth-order valence-corrected chi connectivity index (χ4v) is 3.28. The molecule has 3 N–H and O–H groups in total. The molecule has 0 saturated carbocycles. The zero-order valence-corrected chi connectivity index (χ0v) is 16.0. The summed E-state index contributed by atoms with van der Waals surface area (Å²) < 4.78 is 5.31. The molecule has 6 heteroatoms. The van der Waals surface area contributed by atoms with E-state index < -0.39 is 34.9 Å². The van der Waals surface area contributed by atoms with Crippen molar-refractivity contribution in [2.45, 2.75) is 58.8 Å². The van der Waals surface area contributed by atoms with E-state index in [-0.39, 0.29) is 12.0 Å². The molecule has 1 unspecified atom stereocenters. The van der Waals surface area contributed by atoms with Crippen molar-refractivity contribution >= 4 is 11.8 Å². The molecule has 0 spiro atoms. The van der Waals surface area contributed by atoms with Gasteiger partial charge in [-0.2, -0.15) is 0 Å². The number of ketones is 1. The number of benzene rings is 1. The molecule has 148 valence electrons. The van der Waals surface area contributed by atoms with Gasteiger partial charge in [-0.05, 0) is 37.0 Å². The van der Waals surface area contributed by atoms with Gasteiger partial charge in [-0.3, -0.25) is 9.59 Å². The van der Waals surface area contributed by atoms with Gasteiger partial charge >= 0.3 is 5.97 Å². The number of ether oxygens (including phenoxy) is 1. The average Bonchev–Trinajstić information content (AvgIpc) is 2.76. The van der Waals surface area contributed by atoms with Gasteiger partial charge in [0.05, 0.1) is 18.1 Å². The standard InChI is InChI=1S/C21H28O6/c1-3-4-5-6-7-8-9-27-21(26)15-11-14-10-13(2)18(23)20(25)17(14)19(24)16(22)12-15/h10,12,15,22-23,25H,3-9,11H2,1-2H3. The van der Waals surface area contributed by atoms with Crippen molar-refractivity contribution in [1.29, 1.82) is 0 Å². The van der Waals surface area contributed by atoms with Crippen LogP contribution in [0, 0.1) is 12.8 Å². The zero-order valence-electron chi connectivity index (χ0n) is 16.0. The van der Waals surface area contributed by atoms with Gasteiger partial charge in [0.1, 0.15) is 0 Å². The second-order valence-electron chi connectivity index (χ2n) is 7.05. The van der Waals surface area contributed by atoms with Gasteiger partial charge in [0.25, 0.3) is 0 Å². The number of allylic oxidation sites excluding steroid dienone is 1. The molecule has 0 radical (unpaired) electrons. The van der Waals surface area contributed by atoms with Crippen LogP contribution < -0.4 is 0 Å². The minimum absolute atomic E-state index is 0.106. The Labute approximate surface area is 159 Å². The van der Waals surface area contributed by atoms with Crippen molar-refractivity contribution < 1.29 is 29.6 Å². The number of aromatic hydroxyl groups is 2. The normalized spacial score (nSPS) is 16.4. The minimum atomic E-state index is -0.821. The number of carbonyl (C=O) groups excluding carboxylic acids is 2. The number of Topliss-reactive ketones (excluding diaryl/α,β-unsaturated/α-hetero) is 1. The maximum absolute atomic E-state index is 12.4. The van der Waals surface area contributed by atoms with Crippen LogP contribution in [-0.4, -0.2) is 33.7 Å². The summed E-state index contributed by atoms with van der Waals surface area (Å²) in [4.78, 5) is 24.7. The van der Waals surface area contributed by atoms with Crippen molar-refractivity contribution in [3.8, 4) is 11.5 Å². The second-order valence-corrected chi connectivity index (χ2v) is 7.05. The highest BCUT2D eigenvalue weighted by Gasteiger charge is 2.31. The van der Waals surface area contributed by atoms with Crippen LogP contribution in [0.5, 0.6) is 11.5 Å². The van der Waals surface area contributed by atoms with Gasteiger partial charge in [-0.15, -0.1) is 0 Å². The topological polar surface area (TPSA) is 104 Å². The number of fused-ring (bicyclic) bond motifs is 1. The molecule has 0 saturated heterocycles. The zero-order chi connectivity index (χ0) is 20.0. The van der Waals surface area contributed by atoms with Crippen molar-refractivity contribution in [2.24, 2.45) is 5.92 Å². The Balaban J connectivity index is 2.04. The smallest absolute Gasteiger partial charge is 0.313 e. The number of phenolic OH excluding ortho intramolecular Hbond substituents is 2. The summed E-state index contributed by atoms with van der Waals surface area (Å²) in [6.07, 6.45) is 7.72. The maximum atomic E-state index is 12.4. The predicted molar refractivity (Wildman–Crippen MR) is 101 cm³/mol. The van der Waals surface area contributed by atoms with Gasteiger partial charge in [0, 0.05) is 0 Å². The van der Waals surface area contributed by atoms with E-state index in [1.165, 1.54) is 19.3 Å². The molecule has 1 atom stereocenters. The van der Waals surface area contributed by atoms with Crippen molar-refractivity contribution in [1.82, 2.24) is 0 Å². The number of rotatable bonds is 8. The third kappa shape index (κ3) is 5.02. The number of aryl methyl sites for hydroxylation is 1. The van der Waals surface area contributed by atoms with E-state index in [1.807, 2.05) is 0 Å². The van der Waals surface area contributed by atoms with Gasteiger partial charge in [0.15, 0.2) is 17.3 Å². The molecule has 0 aromatic heterocycles. The SMILES string of the molecule is CCCCCCCCOC(=O)C1C=C(O)C(=O)c2c(cc(C)c(O)c2O)C1. The molecule has 0 aliphatic heterocycles. The fourth-order valence-electron chi connectivity index (χ4n) is 3.28. The summed E-state index contributed by atoms with van der Waals surface area (Å²) in [5.74, 6) is -3.76. The molecule has 0 bridgehead atoms. The molecule has 0 fully saturated rings. The summed E-state index contributed by atoms with van der Waals surface area (Å²) in [5, 5.41) is 30.0. The molecule has 2 rings (SSSR count). The van der Waals surface area contributed by atoms with Crippen molar-refractivity contribution in [3.63, 3.8) is 0 Å². The van der Waals surface area contributed by atoms with E-state index in [0.717, 1.165) is 25.3 Å². The van der Waals surface area contributed by atoms with E-state index in [9.17, 15) is 24.9 Å². The summed E-state index contributed by atoms with van der Waals surface area (Å²) in [7, 11) is 0. The van der Waals surface area contributed by atoms with Crippen molar-refractivity contribution in [3.05, 3.63) is 34.6 Å². The number of carbonyl (C=O) groups is 2. The molecular formula is C21H28O6. The number of esters is 1. The number of hydrogen-bond donors (Lipinski definition) is 3. The average molecular weight is 376 g/mol. The lowest BCUT2D eigenvalue weighted by Crippen LogP contribution is -2.19. The molecule has 1 aliphatic carbocycles. The quantitative estimate of drug-likeness (QED) is 0.358. The number of unbranched alkanes of at least 4 members (excludes halogenated alkanes) is 5. The van der Waals surface area contributed by atoms with Crippen LogP contribution in [0.2, 0.25) is 0 Å². The van der Waals surface area contributed by atoms with Crippen LogP contribution in [-0.2, 0) is 16.0 Å². The molecule has 1 aliphatic rings. The van der Waals surface area contributed by atoms with Crippen LogP contribution >= 0.6 is 0 Å². The lowest BCUT2D eigenvalue weighted by atomic mass is 9.94. The van der Waals surface area contributed by atoms with E-state index in [0.29, 0.717) is 17.7 Å². The Bertz CT molecular complexity index is 735. The predicted octanol–water partition coefficient (Wildman–Crippen LogP) is 4.11. The lowest BCUT2D eigenvalue weighted by molar-refractivity contribution is -0.147. The van der Waals surface area contributed by atoms with E-state index in [2.05, 4.69) is 6.92 Å². The highest BCUT2D eigenvalue weighted by Crippen LogP contribution is 2.38. The summed E-state index contributed by atoms with van der Waals surface area (Å²) in [6.45, 7) is 4.05. The summed E-state index contributed by atoms with van der Waals surface area (Å²) >= 11 is 0. The Morgan fingerprint density at radius 1 is 1.11 bits per heavy atom. The van der Waals surface area contributed by atoms with E-state index in [1.54, 1.807) is 13.0 Å². The number of aliphatic hydroxyl groups is 1. The van der Waals surface area contributed by atoms with E-state index in [4.69, 9.17) is 4.74 Å². The lowest BCUT2D eigenvalue weighted by Gasteiger charge is -2.14. The largest absolute Gasteiger partial charge is 0.504 e. The van der Waals surface area contributed by atoms with Crippen LogP contribution in [0.3, 0.4) is 0 Å². The van der Waals surface area contributed by atoms with Crippen LogP contribution in [0.25, 0.3) is 0 Å². The first-order valence-corrected chi connectivity index (χ1v) is 9.53. The van der Waals surface area contributed by atoms with Gasteiger partial charge in [0.2, 0.25) is 5.78 Å². The highest BCUT2D eigenvalue weighted by atomic mass is 16.5. The number of hydrogen-bond acceptors (Lipinski definition) is 6. The highest BCUT2D eigenvalue weighted by molar-refractivity contribution is 6.11. The monoisotopic (exact) mass is 376 g/mol. The minimum Gasteiger partial charge on any atom is -0.504 e. The molecule has 0 heterocycles. The first kappa shape index (κ1) is 20.8. The van der Waals surface area contributed by atoms with Crippen LogP contribution in [0.1, 0.15) is 66.9 Å². The Kier molecular flexibility index (Phi) is 7.28. The maximum Gasteiger partial charge on any atom is 0.313 e. The molecule has 1 aromatic rings. The fraction of sp³-hybridized carbons (Fsp3) is 0.524. The third-order valence-electron chi connectivity index (χ3n) is 4.85. The van der Waals surface area contributed by atoms with E-state index >= 15 is 0 Å². The Morgan fingerprint density at radius 3 is 2.48 bits per heavy atom. The van der Waals surface area contributed by atoms with Crippen molar-refractivity contribution in [2.75, 3.05) is 6.61 Å². The van der Waals surface area contributed by atoms with Crippen LogP contribution in [0.15, 0.2) is 17.9 Å². The van der Waals surface area contributed by atoms with Gasteiger partial charge in [-0.25, -0.2) is 0 Å². The number of phenols is 2. The molecule has 27 heavy (non-hydrogen) atoms. The Morgan fingerprint density at radius 2 is 1.78 bits per heavy atom. The molecular weight excluding hydrogens is 348 g/mol. The second kappa shape index (κ2) is 9.44. The first-order valence-electron chi connectivity index (χ1n) is 9.53. The summed E-state index contributed by atoms with van der Waals surface area (Å²) in [5.41, 5.74) is 0.618. The molecule has 6 nitrogen and oxygen atoms in total. The third-order valence-corrected chi connectivity index (χ3v) is 4.85. The van der Waals surface area contributed by atoms with Crippen LogP contribution in [0.4, 0.5) is 0 Å². The number of aliphatic hydroxyl groups excluding tert-OH is 1. The Hall–Kier alpha value is -2.50. The van der Waals surface area contributed by atoms with Gasteiger partial charge < -0.3 is 20.1 Å². The molecule has 0 amide bonds. The molecule has 1 aromatic carbocycles. The first-order chi connectivity index (χ1) is 12.9. The van der Waals surface area contributed by atoms with Gasteiger partial charge in [-0.1, -0.05) is 45.1 Å².